The Labute approximate surface area is 194 Å². The highest BCUT2D eigenvalue weighted by Crippen LogP contribution is 2.15. The second kappa shape index (κ2) is 21.1. The number of rotatable bonds is 4. The monoisotopic (exact) mass is 458 g/mol. The summed E-state index contributed by atoms with van der Waals surface area (Å²) < 4.78 is 10.9. The minimum Gasteiger partial charge on any atom is -0.462 e. The number of aliphatic hydroxyl groups is 1. The van der Waals surface area contributed by atoms with Crippen LogP contribution in [0.4, 0.5) is 0 Å². The molecule has 31 heavy (non-hydrogen) atoms. The minimum atomic E-state index is -0.432. The maximum absolute atomic E-state index is 12.2. The van der Waals surface area contributed by atoms with Crippen LogP contribution in [0, 0.1) is 0 Å². The highest BCUT2D eigenvalue weighted by atomic mass is 32.2. The van der Waals surface area contributed by atoms with Crippen LogP contribution in [0.1, 0.15) is 116 Å². The summed E-state index contributed by atoms with van der Waals surface area (Å²) in [5.74, 6) is 0.712. The molecule has 1 heterocycles. The van der Waals surface area contributed by atoms with Crippen LogP contribution in [0.25, 0.3) is 0 Å². The van der Waals surface area contributed by atoms with Crippen molar-refractivity contribution in [1.82, 2.24) is 0 Å². The molecule has 0 saturated carbocycles. The highest BCUT2D eigenvalue weighted by molar-refractivity contribution is 7.99. The van der Waals surface area contributed by atoms with Crippen molar-refractivity contribution in [2.75, 3.05) is 24.7 Å². The lowest BCUT2D eigenvalue weighted by Gasteiger charge is -2.18. The van der Waals surface area contributed by atoms with Crippen molar-refractivity contribution >= 4 is 23.7 Å². The van der Waals surface area contributed by atoms with Gasteiger partial charge in [-0.15, -0.1) is 0 Å². The SMILES string of the molecule is O=C1CCCCCCCCCCCCCCCCCCC(=O)OC(CSCCO)CO1. The first-order valence-corrected chi connectivity index (χ1v) is 13.9. The summed E-state index contributed by atoms with van der Waals surface area (Å²) in [6, 6.07) is 0. The molecule has 1 saturated heterocycles. The number of carbonyl (C=O) groups is 2. The first-order valence-electron chi connectivity index (χ1n) is 12.8. The second-order valence-electron chi connectivity index (χ2n) is 8.75. The second-order valence-corrected chi connectivity index (χ2v) is 9.90. The summed E-state index contributed by atoms with van der Waals surface area (Å²) in [7, 11) is 0. The fourth-order valence-corrected chi connectivity index (χ4v) is 4.63. The van der Waals surface area contributed by atoms with Crippen LogP contribution >= 0.6 is 11.8 Å². The van der Waals surface area contributed by atoms with Gasteiger partial charge in [0.15, 0.2) is 0 Å². The predicted octanol–water partition coefficient (Wildman–Crippen LogP) is 6.20. The van der Waals surface area contributed by atoms with Gasteiger partial charge in [-0.2, -0.15) is 11.8 Å². The van der Waals surface area contributed by atoms with E-state index in [1.807, 2.05) is 0 Å². The van der Waals surface area contributed by atoms with Crippen LogP contribution in [0.2, 0.25) is 0 Å². The molecule has 1 aliphatic heterocycles. The summed E-state index contributed by atoms with van der Waals surface area (Å²) in [4.78, 5) is 24.2. The maximum atomic E-state index is 12.2. The molecule has 0 aromatic carbocycles. The largest absolute Gasteiger partial charge is 0.462 e. The molecule has 0 aliphatic carbocycles. The number of cyclic esters (lactones) is 2. The first-order chi connectivity index (χ1) is 15.2. The Morgan fingerprint density at radius 3 is 1.55 bits per heavy atom. The van der Waals surface area contributed by atoms with E-state index in [0.717, 1.165) is 25.7 Å². The number of carbonyl (C=O) groups excluding carboxylic acids is 2. The summed E-state index contributed by atoms with van der Waals surface area (Å²) in [5, 5.41) is 8.98. The van der Waals surface area contributed by atoms with Crippen LogP contribution < -0.4 is 0 Å². The van der Waals surface area contributed by atoms with Crippen molar-refractivity contribution in [2.45, 2.75) is 122 Å². The molecular weight excluding hydrogens is 412 g/mol. The van der Waals surface area contributed by atoms with Gasteiger partial charge in [0, 0.05) is 24.3 Å². The van der Waals surface area contributed by atoms with E-state index in [1.165, 1.54) is 88.8 Å². The Balaban J connectivity index is 2.39. The number of ether oxygens (including phenoxy) is 2. The summed E-state index contributed by atoms with van der Waals surface area (Å²) in [5.41, 5.74) is 0. The van der Waals surface area contributed by atoms with E-state index in [-0.39, 0.29) is 25.2 Å². The average molecular weight is 459 g/mol. The van der Waals surface area contributed by atoms with E-state index in [9.17, 15) is 9.59 Å². The Kier molecular flexibility index (Phi) is 19.3. The van der Waals surface area contributed by atoms with E-state index in [2.05, 4.69) is 0 Å². The fourth-order valence-electron chi connectivity index (χ4n) is 3.91. The Morgan fingerprint density at radius 2 is 1.10 bits per heavy atom. The lowest BCUT2D eigenvalue weighted by atomic mass is 10.0. The predicted molar refractivity (Wildman–Crippen MR) is 128 cm³/mol. The molecule has 1 aliphatic rings. The number of thioether (sulfide) groups is 1. The average Bonchev–Trinajstić information content (AvgIpc) is 2.76. The molecule has 5 nitrogen and oxygen atoms in total. The van der Waals surface area contributed by atoms with Gasteiger partial charge >= 0.3 is 11.9 Å². The topological polar surface area (TPSA) is 72.8 Å². The number of aliphatic hydroxyl groups excluding tert-OH is 1. The minimum absolute atomic E-state index is 0.0884. The molecule has 0 aromatic heterocycles. The smallest absolute Gasteiger partial charge is 0.306 e. The fraction of sp³-hybridized carbons (Fsp3) is 0.920. The van der Waals surface area contributed by atoms with Crippen molar-refractivity contribution in [2.24, 2.45) is 0 Å². The normalized spacial score (nSPS) is 23.3. The zero-order valence-corrected chi connectivity index (χ0v) is 20.4. The lowest BCUT2D eigenvalue weighted by Crippen LogP contribution is -2.27. The molecule has 1 atom stereocenters. The van der Waals surface area contributed by atoms with Gasteiger partial charge in [0.1, 0.15) is 12.7 Å². The van der Waals surface area contributed by atoms with Gasteiger partial charge in [0.2, 0.25) is 0 Å². The standard InChI is InChI=1S/C25H46O5S/c26-19-20-31-22-23-21-29-24(27)17-15-13-11-9-7-5-3-1-2-4-6-8-10-12-14-16-18-25(28)30-23/h23,26H,1-22H2. The van der Waals surface area contributed by atoms with Gasteiger partial charge in [-0.05, 0) is 12.8 Å². The van der Waals surface area contributed by atoms with E-state index >= 15 is 0 Å². The molecule has 0 bridgehead atoms. The van der Waals surface area contributed by atoms with Gasteiger partial charge in [0.05, 0.1) is 6.61 Å². The van der Waals surface area contributed by atoms with E-state index < -0.39 is 6.10 Å². The van der Waals surface area contributed by atoms with Crippen LogP contribution in [-0.4, -0.2) is 47.9 Å². The van der Waals surface area contributed by atoms with Crippen LogP contribution in [0.15, 0.2) is 0 Å². The van der Waals surface area contributed by atoms with Gasteiger partial charge in [0.25, 0.3) is 0 Å². The van der Waals surface area contributed by atoms with E-state index in [1.54, 1.807) is 0 Å². The molecule has 182 valence electrons. The third kappa shape index (κ3) is 18.5. The third-order valence-electron chi connectivity index (χ3n) is 5.78. The molecule has 0 aromatic rings. The van der Waals surface area contributed by atoms with E-state index in [0.29, 0.717) is 24.3 Å². The summed E-state index contributed by atoms with van der Waals surface area (Å²) in [6.07, 6.45) is 19.9. The van der Waals surface area contributed by atoms with Gasteiger partial charge in [-0.3, -0.25) is 9.59 Å². The van der Waals surface area contributed by atoms with Crippen molar-refractivity contribution in [1.29, 1.82) is 0 Å². The zero-order valence-electron chi connectivity index (χ0n) is 19.6. The van der Waals surface area contributed by atoms with Crippen molar-refractivity contribution in [3.63, 3.8) is 0 Å². The van der Waals surface area contributed by atoms with Crippen molar-refractivity contribution in [3.8, 4) is 0 Å². The van der Waals surface area contributed by atoms with Crippen LogP contribution in [0.5, 0.6) is 0 Å². The van der Waals surface area contributed by atoms with Crippen LogP contribution in [0.3, 0.4) is 0 Å². The Bertz CT molecular complexity index is 444. The Hall–Kier alpha value is -0.750. The van der Waals surface area contributed by atoms with Gasteiger partial charge in [-0.25, -0.2) is 0 Å². The van der Waals surface area contributed by atoms with Gasteiger partial charge < -0.3 is 14.6 Å². The van der Waals surface area contributed by atoms with Crippen molar-refractivity contribution in [3.05, 3.63) is 0 Å². The lowest BCUT2D eigenvalue weighted by molar-refractivity contribution is -0.157. The number of hydrogen-bond donors (Lipinski definition) is 1. The molecule has 6 heteroatoms. The zero-order chi connectivity index (χ0) is 22.4. The molecule has 1 rings (SSSR count). The molecule has 0 amide bonds. The first kappa shape index (κ1) is 28.3. The quantitative estimate of drug-likeness (QED) is 0.399. The molecule has 1 fully saturated rings. The molecule has 0 radical (unpaired) electrons. The number of hydrogen-bond acceptors (Lipinski definition) is 6. The Morgan fingerprint density at radius 1 is 0.677 bits per heavy atom. The maximum Gasteiger partial charge on any atom is 0.306 e. The van der Waals surface area contributed by atoms with Crippen LogP contribution in [-0.2, 0) is 19.1 Å². The molecular formula is C25H46O5S. The molecule has 1 N–H and O–H groups in total. The molecule has 0 spiro atoms. The van der Waals surface area contributed by atoms with Gasteiger partial charge in [-0.1, -0.05) is 89.9 Å². The highest BCUT2D eigenvalue weighted by Gasteiger charge is 2.17. The summed E-state index contributed by atoms with van der Waals surface area (Å²) >= 11 is 1.51. The van der Waals surface area contributed by atoms with E-state index in [4.69, 9.17) is 14.6 Å². The third-order valence-corrected chi connectivity index (χ3v) is 6.86. The number of esters is 2. The molecule has 1 unspecified atom stereocenters. The van der Waals surface area contributed by atoms with Crippen molar-refractivity contribution < 1.29 is 24.2 Å². The summed E-state index contributed by atoms with van der Waals surface area (Å²) in [6.45, 7) is 0.203.